The first-order chi connectivity index (χ1) is 9.64. The summed E-state index contributed by atoms with van der Waals surface area (Å²) in [5.74, 6) is 0.111. The van der Waals surface area contributed by atoms with Crippen LogP contribution < -0.4 is 5.32 Å². The van der Waals surface area contributed by atoms with Crippen molar-refractivity contribution in [1.29, 1.82) is 0 Å². The molecule has 0 radical (unpaired) electrons. The van der Waals surface area contributed by atoms with Gasteiger partial charge in [0.15, 0.2) is 0 Å². The summed E-state index contributed by atoms with van der Waals surface area (Å²) in [5, 5.41) is 4.37. The minimum Gasteiger partial charge on any atom is -0.361 e. The molecular weight excluding hydrogens is 248 g/mol. The number of hydrogen-bond acceptors (Lipinski definition) is 1. The number of rotatable bonds is 6. The van der Waals surface area contributed by atoms with Crippen LogP contribution >= 0.6 is 0 Å². The second-order valence-electron chi connectivity index (χ2n) is 5.43. The third kappa shape index (κ3) is 2.87. The Hall–Kier alpha value is -1.77. The van der Waals surface area contributed by atoms with Crippen LogP contribution in [0.15, 0.2) is 30.5 Å². The van der Waals surface area contributed by atoms with Gasteiger partial charge in [0, 0.05) is 22.6 Å². The lowest BCUT2D eigenvalue weighted by atomic mass is 9.89. The Kier molecular flexibility index (Phi) is 4.48. The predicted octanol–water partition coefficient (Wildman–Crippen LogP) is 3.80. The highest BCUT2D eigenvalue weighted by molar-refractivity contribution is 5.89. The summed E-state index contributed by atoms with van der Waals surface area (Å²) in [7, 11) is 0. The molecule has 0 saturated heterocycles. The lowest BCUT2D eigenvalue weighted by molar-refractivity contribution is -0.122. The fraction of sp³-hybridized carbons (Fsp3) is 0.471. The van der Waals surface area contributed by atoms with E-state index in [1.165, 1.54) is 0 Å². The van der Waals surface area contributed by atoms with Crippen molar-refractivity contribution in [3.63, 3.8) is 0 Å². The highest BCUT2D eigenvalue weighted by atomic mass is 16.1. The molecule has 1 aromatic heterocycles. The molecule has 2 aromatic rings. The summed E-state index contributed by atoms with van der Waals surface area (Å²) in [6.07, 6.45) is 5.29. The zero-order valence-corrected chi connectivity index (χ0v) is 12.6. The third-order valence-corrected chi connectivity index (χ3v) is 4.46. The molecular formula is C17H24N2O. The molecule has 0 saturated carbocycles. The molecule has 0 aliphatic heterocycles. The van der Waals surface area contributed by atoms with E-state index in [9.17, 15) is 4.79 Å². The van der Waals surface area contributed by atoms with Gasteiger partial charge in [0.2, 0.25) is 5.91 Å². The van der Waals surface area contributed by atoms with Crippen LogP contribution in [0.3, 0.4) is 0 Å². The van der Waals surface area contributed by atoms with Gasteiger partial charge in [0.05, 0.1) is 6.42 Å². The van der Waals surface area contributed by atoms with E-state index in [4.69, 9.17) is 0 Å². The molecule has 1 amide bonds. The number of carbonyl (C=O) groups is 1. The lowest BCUT2D eigenvalue weighted by Crippen LogP contribution is -2.47. The first-order valence-corrected chi connectivity index (χ1v) is 7.50. The summed E-state index contributed by atoms with van der Waals surface area (Å²) >= 11 is 0. The van der Waals surface area contributed by atoms with Crippen molar-refractivity contribution in [1.82, 2.24) is 10.3 Å². The van der Waals surface area contributed by atoms with Crippen molar-refractivity contribution in [2.45, 2.75) is 52.0 Å². The van der Waals surface area contributed by atoms with Gasteiger partial charge in [-0.05, 0) is 30.9 Å². The van der Waals surface area contributed by atoms with E-state index < -0.39 is 0 Å². The zero-order valence-electron chi connectivity index (χ0n) is 12.6. The molecule has 3 heteroatoms. The molecule has 2 rings (SSSR count). The van der Waals surface area contributed by atoms with Gasteiger partial charge < -0.3 is 10.3 Å². The van der Waals surface area contributed by atoms with Crippen LogP contribution in [0.1, 0.15) is 45.6 Å². The van der Waals surface area contributed by atoms with Gasteiger partial charge in [0.25, 0.3) is 0 Å². The number of nitrogens with one attached hydrogen (secondary N) is 2. The summed E-state index contributed by atoms with van der Waals surface area (Å²) in [4.78, 5) is 15.5. The molecule has 0 aliphatic carbocycles. The summed E-state index contributed by atoms with van der Waals surface area (Å²) in [6.45, 7) is 6.41. The number of carbonyl (C=O) groups excluding carboxylic acids is 1. The average molecular weight is 272 g/mol. The van der Waals surface area contributed by atoms with Crippen molar-refractivity contribution in [2.24, 2.45) is 0 Å². The SMILES string of the molecule is CCC(CC)(CC)NC(=O)Cc1c[nH]c2ccccc12. The van der Waals surface area contributed by atoms with E-state index in [-0.39, 0.29) is 11.4 Å². The second-order valence-corrected chi connectivity index (χ2v) is 5.43. The van der Waals surface area contributed by atoms with Gasteiger partial charge in [0.1, 0.15) is 0 Å². The van der Waals surface area contributed by atoms with E-state index in [2.05, 4.69) is 37.1 Å². The number of aromatic nitrogens is 1. The van der Waals surface area contributed by atoms with E-state index in [1.54, 1.807) is 0 Å². The predicted molar refractivity (Wildman–Crippen MR) is 83.7 cm³/mol. The molecule has 20 heavy (non-hydrogen) atoms. The van der Waals surface area contributed by atoms with Crippen molar-refractivity contribution in [3.8, 4) is 0 Å². The monoisotopic (exact) mass is 272 g/mol. The van der Waals surface area contributed by atoms with Gasteiger partial charge >= 0.3 is 0 Å². The Bertz CT molecular complexity index is 573. The normalized spacial score (nSPS) is 11.8. The largest absolute Gasteiger partial charge is 0.361 e. The Morgan fingerprint density at radius 1 is 1.15 bits per heavy atom. The number of amides is 1. The topological polar surface area (TPSA) is 44.9 Å². The van der Waals surface area contributed by atoms with Crippen molar-refractivity contribution < 1.29 is 4.79 Å². The molecule has 0 atom stereocenters. The van der Waals surface area contributed by atoms with Gasteiger partial charge in [-0.3, -0.25) is 4.79 Å². The van der Waals surface area contributed by atoms with Crippen LogP contribution in [0.5, 0.6) is 0 Å². The van der Waals surface area contributed by atoms with Gasteiger partial charge in [-0.2, -0.15) is 0 Å². The molecule has 0 unspecified atom stereocenters. The second kappa shape index (κ2) is 6.12. The molecule has 0 spiro atoms. The number of hydrogen-bond donors (Lipinski definition) is 2. The average Bonchev–Trinajstić information content (AvgIpc) is 2.88. The van der Waals surface area contributed by atoms with Crippen molar-refractivity contribution >= 4 is 16.8 Å². The smallest absolute Gasteiger partial charge is 0.224 e. The molecule has 1 heterocycles. The number of aromatic amines is 1. The van der Waals surface area contributed by atoms with Crippen LogP contribution in [0.2, 0.25) is 0 Å². The van der Waals surface area contributed by atoms with Crippen LogP contribution in [-0.2, 0) is 11.2 Å². The first-order valence-electron chi connectivity index (χ1n) is 7.50. The van der Waals surface area contributed by atoms with E-state index in [0.717, 1.165) is 35.7 Å². The van der Waals surface area contributed by atoms with Crippen LogP contribution in [-0.4, -0.2) is 16.4 Å². The van der Waals surface area contributed by atoms with Crippen LogP contribution in [0.4, 0.5) is 0 Å². The molecule has 2 N–H and O–H groups in total. The molecule has 1 aromatic carbocycles. The lowest BCUT2D eigenvalue weighted by Gasteiger charge is -2.31. The molecule has 108 valence electrons. The fourth-order valence-electron chi connectivity index (χ4n) is 2.81. The van der Waals surface area contributed by atoms with E-state index in [0.29, 0.717) is 6.42 Å². The number of para-hydroxylation sites is 1. The maximum atomic E-state index is 12.3. The molecule has 0 aliphatic rings. The maximum absolute atomic E-state index is 12.3. The fourth-order valence-corrected chi connectivity index (χ4v) is 2.81. The minimum absolute atomic E-state index is 0.0524. The standard InChI is InChI=1S/C17H24N2O/c1-4-17(5-2,6-3)19-16(20)11-13-12-18-15-10-8-7-9-14(13)15/h7-10,12,18H,4-6,11H2,1-3H3,(H,19,20). The van der Waals surface area contributed by atoms with Crippen LogP contribution in [0.25, 0.3) is 10.9 Å². The Labute approximate surface area is 120 Å². The van der Waals surface area contributed by atoms with Crippen molar-refractivity contribution in [2.75, 3.05) is 0 Å². The third-order valence-electron chi connectivity index (χ3n) is 4.46. The minimum atomic E-state index is -0.0524. The van der Waals surface area contributed by atoms with Gasteiger partial charge in [-0.25, -0.2) is 0 Å². The van der Waals surface area contributed by atoms with Crippen LogP contribution in [0, 0.1) is 0 Å². The Balaban J connectivity index is 2.12. The Morgan fingerprint density at radius 3 is 2.45 bits per heavy atom. The maximum Gasteiger partial charge on any atom is 0.224 e. The molecule has 0 bridgehead atoms. The van der Waals surface area contributed by atoms with Gasteiger partial charge in [-0.15, -0.1) is 0 Å². The summed E-state index contributed by atoms with van der Waals surface area (Å²) in [5.41, 5.74) is 2.10. The number of benzene rings is 1. The number of H-pyrrole nitrogens is 1. The molecule has 3 nitrogen and oxygen atoms in total. The van der Waals surface area contributed by atoms with E-state index in [1.807, 2.05) is 24.4 Å². The number of fused-ring (bicyclic) bond motifs is 1. The Morgan fingerprint density at radius 2 is 1.80 bits per heavy atom. The zero-order chi connectivity index (χ0) is 14.6. The van der Waals surface area contributed by atoms with E-state index >= 15 is 0 Å². The summed E-state index contributed by atoms with van der Waals surface area (Å²) in [6, 6.07) is 8.09. The summed E-state index contributed by atoms with van der Waals surface area (Å²) < 4.78 is 0. The quantitative estimate of drug-likeness (QED) is 0.825. The first kappa shape index (κ1) is 14.6. The highest BCUT2D eigenvalue weighted by Crippen LogP contribution is 2.21. The van der Waals surface area contributed by atoms with Crippen molar-refractivity contribution in [3.05, 3.63) is 36.0 Å². The highest BCUT2D eigenvalue weighted by Gasteiger charge is 2.25. The van der Waals surface area contributed by atoms with Gasteiger partial charge in [-0.1, -0.05) is 39.0 Å². The molecule has 0 fully saturated rings.